The fourth-order valence-electron chi connectivity index (χ4n) is 3.54. The van der Waals surface area contributed by atoms with Gasteiger partial charge in [0, 0.05) is 47.9 Å². The molecular weight excluding hydrogens is 328 g/mol. The van der Waals surface area contributed by atoms with E-state index in [1.165, 1.54) is 17.5 Å². The number of hydrogen-bond acceptors (Lipinski definition) is 6. The molecule has 4 heterocycles. The van der Waals surface area contributed by atoms with Crippen LogP contribution >= 0.6 is 0 Å². The predicted molar refractivity (Wildman–Crippen MR) is 93.3 cm³/mol. The van der Waals surface area contributed by atoms with Crippen molar-refractivity contribution in [2.45, 2.75) is 11.8 Å². The molecule has 26 heavy (non-hydrogen) atoms. The Morgan fingerprint density at radius 1 is 0.962 bits per heavy atom. The first-order valence-corrected chi connectivity index (χ1v) is 8.18. The molecule has 0 saturated heterocycles. The van der Waals surface area contributed by atoms with E-state index in [1.807, 2.05) is 49.1 Å². The third kappa shape index (κ3) is 2.16. The predicted octanol–water partition coefficient (Wildman–Crippen LogP) is 1.73. The first-order valence-electron chi connectivity index (χ1n) is 8.18. The maximum atomic E-state index is 4.41. The number of aromatic nitrogens is 8. The lowest BCUT2D eigenvalue weighted by Gasteiger charge is -2.34. The van der Waals surface area contributed by atoms with Crippen LogP contribution in [-0.2, 0) is 11.8 Å². The molecule has 4 aromatic heterocycles. The van der Waals surface area contributed by atoms with Gasteiger partial charge in [0.15, 0.2) is 5.82 Å². The Morgan fingerprint density at radius 3 is 2.27 bits per heavy atom. The smallest absolute Gasteiger partial charge is 0.185 e. The number of nitrogens with one attached hydrogen (secondary N) is 1. The molecule has 8 heteroatoms. The van der Waals surface area contributed by atoms with Crippen LogP contribution in [0.2, 0.25) is 0 Å². The van der Waals surface area contributed by atoms with E-state index in [4.69, 9.17) is 0 Å². The molecule has 5 rings (SSSR count). The van der Waals surface area contributed by atoms with E-state index in [0.717, 1.165) is 17.7 Å². The zero-order valence-corrected chi connectivity index (χ0v) is 13.7. The first kappa shape index (κ1) is 14.6. The monoisotopic (exact) mass is 342 g/mol. The Kier molecular flexibility index (Phi) is 3.21. The number of aromatic amines is 1. The zero-order chi connectivity index (χ0) is 17.4. The molecule has 0 saturated carbocycles. The second-order valence-electron chi connectivity index (χ2n) is 6.15. The highest BCUT2D eigenvalue weighted by molar-refractivity contribution is 5.67. The molecule has 0 atom stereocenters. The molecule has 8 nitrogen and oxygen atoms in total. The maximum Gasteiger partial charge on any atom is 0.185 e. The van der Waals surface area contributed by atoms with Crippen molar-refractivity contribution in [2.24, 2.45) is 0 Å². The van der Waals surface area contributed by atoms with Gasteiger partial charge in [-0.25, -0.2) is 0 Å². The molecule has 0 aliphatic heterocycles. The van der Waals surface area contributed by atoms with Crippen LogP contribution in [0.4, 0.5) is 0 Å². The van der Waals surface area contributed by atoms with E-state index in [1.54, 1.807) is 4.68 Å². The van der Waals surface area contributed by atoms with Crippen LogP contribution < -0.4 is 0 Å². The quantitative estimate of drug-likeness (QED) is 0.609. The van der Waals surface area contributed by atoms with Gasteiger partial charge in [0.25, 0.3) is 0 Å². The number of rotatable bonds is 3. The molecule has 1 N–H and O–H groups in total. The van der Waals surface area contributed by atoms with Gasteiger partial charge in [-0.15, -0.1) is 5.10 Å². The molecule has 1 aliphatic carbocycles. The first-order chi connectivity index (χ1) is 12.9. The summed E-state index contributed by atoms with van der Waals surface area (Å²) in [5, 5.41) is 18.9. The Morgan fingerprint density at radius 2 is 1.65 bits per heavy atom. The number of tetrazole rings is 1. The van der Waals surface area contributed by atoms with E-state index in [2.05, 4.69) is 47.8 Å². The summed E-state index contributed by atoms with van der Waals surface area (Å²) in [6, 6.07) is 8.20. The van der Waals surface area contributed by atoms with E-state index in [-0.39, 0.29) is 5.41 Å². The van der Waals surface area contributed by atoms with Crippen LogP contribution in [0.3, 0.4) is 0 Å². The minimum absolute atomic E-state index is 0.316. The van der Waals surface area contributed by atoms with Crippen LogP contribution in [0.5, 0.6) is 0 Å². The molecule has 0 fully saturated rings. The minimum Gasteiger partial charge on any atom is -0.280 e. The van der Waals surface area contributed by atoms with E-state index < -0.39 is 0 Å². The zero-order valence-electron chi connectivity index (χ0n) is 13.7. The number of allylic oxidation sites excluding steroid dienone is 1. The Hall–Kier alpha value is -3.68. The maximum absolute atomic E-state index is 4.41. The Balaban J connectivity index is 1.67. The van der Waals surface area contributed by atoms with Gasteiger partial charge in [-0.05, 0) is 45.8 Å². The summed E-state index contributed by atoms with van der Waals surface area (Å²) in [5.74, 6) is 0.694. The van der Waals surface area contributed by atoms with Crippen molar-refractivity contribution in [3.63, 3.8) is 0 Å². The summed E-state index contributed by atoms with van der Waals surface area (Å²) in [5.41, 5.74) is 4.05. The lowest BCUT2D eigenvalue weighted by molar-refractivity contribution is 0.619. The van der Waals surface area contributed by atoms with Gasteiger partial charge in [0.2, 0.25) is 0 Å². The fourth-order valence-corrected chi connectivity index (χ4v) is 3.54. The highest BCUT2D eigenvalue weighted by atomic mass is 15.5. The second kappa shape index (κ2) is 5.69. The van der Waals surface area contributed by atoms with Crippen LogP contribution in [0, 0.1) is 0 Å². The molecule has 0 spiro atoms. The molecule has 126 valence electrons. The summed E-state index contributed by atoms with van der Waals surface area (Å²) in [6.07, 6.45) is 13.9. The summed E-state index contributed by atoms with van der Waals surface area (Å²) in [4.78, 5) is 8.33. The molecule has 0 amide bonds. The summed E-state index contributed by atoms with van der Waals surface area (Å²) >= 11 is 0. The number of pyridine rings is 2. The molecule has 0 unspecified atom stereocenters. The minimum atomic E-state index is -0.316. The Bertz CT molecular complexity index is 1010. The largest absolute Gasteiger partial charge is 0.280 e. The lowest BCUT2D eigenvalue weighted by Crippen LogP contribution is -2.30. The van der Waals surface area contributed by atoms with Crippen molar-refractivity contribution in [2.75, 3.05) is 0 Å². The fraction of sp³-hybridized carbons (Fsp3) is 0.111. The van der Waals surface area contributed by atoms with Gasteiger partial charge in [0.05, 0.1) is 0 Å². The second-order valence-corrected chi connectivity index (χ2v) is 6.15. The van der Waals surface area contributed by atoms with Crippen molar-refractivity contribution in [1.82, 2.24) is 40.4 Å². The van der Waals surface area contributed by atoms with Crippen molar-refractivity contribution in [3.8, 4) is 5.82 Å². The number of fused-ring (bicyclic) bond motifs is 1. The highest BCUT2D eigenvalue weighted by Crippen LogP contribution is 2.41. The molecule has 0 radical (unpaired) electrons. The summed E-state index contributed by atoms with van der Waals surface area (Å²) in [7, 11) is 0. The highest BCUT2D eigenvalue weighted by Gasteiger charge is 2.36. The van der Waals surface area contributed by atoms with Crippen LogP contribution in [0.15, 0.2) is 61.5 Å². The summed E-state index contributed by atoms with van der Waals surface area (Å²) in [6.45, 7) is 0. The van der Waals surface area contributed by atoms with Crippen LogP contribution in [0.25, 0.3) is 11.9 Å². The topological polar surface area (TPSA) is 98.1 Å². The van der Waals surface area contributed by atoms with Crippen LogP contribution in [-0.4, -0.2) is 40.4 Å². The molecule has 1 aliphatic rings. The van der Waals surface area contributed by atoms with Crippen molar-refractivity contribution < 1.29 is 0 Å². The SMILES string of the molecule is C1=CC(c2ccncc2)(c2ccncc2)Cc2[nH]nc(-n3cnnn3)c21. The lowest BCUT2D eigenvalue weighted by atomic mass is 9.69. The van der Waals surface area contributed by atoms with Gasteiger partial charge in [-0.3, -0.25) is 15.1 Å². The molecular formula is C18H14N8. The van der Waals surface area contributed by atoms with E-state index in [0.29, 0.717) is 5.82 Å². The van der Waals surface area contributed by atoms with Crippen molar-refractivity contribution >= 4 is 6.08 Å². The van der Waals surface area contributed by atoms with Gasteiger partial charge in [-0.2, -0.15) is 9.78 Å². The van der Waals surface area contributed by atoms with Gasteiger partial charge < -0.3 is 0 Å². The average Bonchev–Trinajstić information content (AvgIpc) is 3.38. The Labute approximate surface area is 148 Å². The van der Waals surface area contributed by atoms with Gasteiger partial charge >= 0.3 is 0 Å². The van der Waals surface area contributed by atoms with Crippen LogP contribution in [0.1, 0.15) is 22.4 Å². The number of nitrogens with zero attached hydrogens (tertiary/aromatic N) is 7. The van der Waals surface area contributed by atoms with Gasteiger partial charge in [0.1, 0.15) is 6.33 Å². The third-order valence-corrected chi connectivity index (χ3v) is 4.81. The molecule has 0 aromatic carbocycles. The van der Waals surface area contributed by atoms with Gasteiger partial charge in [-0.1, -0.05) is 12.2 Å². The standard InChI is InChI=1S/C18H14N8/c1-6-18(13-2-7-19-8-3-13,14-4-9-20-10-5-14)11-16-15(1)17(23-22-16)26-12-21-24-25-26/h1-10,12H,11H2,(H,22,23). The summed E-state index contributed by atoms with van der Waals surface area (Å²) < 4.78 is 1.56. The van der Waals surface area contributed by atoms with Crippen molar-refractivity contribution in [3.05, 3.63) is 83.8 Å². The van der Waals surface area contributed by atoms with E-state index in [9.17, 15) is 0 Å². The number of H-pyrrole nitrogens is 1. The van der Waals surface area contributed by atoms with Crippen molar-refractivity contribution in [1.29, 1.82) is 0 Å². The third-order valence-electron chi connectivity index (χ3n) is 4.81. The average molecular weight is 342 g/mol. The number of hydrogen-bond donors (Lipinski definition) is 1. The molecule has 0 bridgehead atoms. The normalized spacial score (nSPS) is 14.9. The molecule has 4 aromatic rings. The van der Waals surface area contributed by atoms with E-state index >= 15 is 0 Å².